The molecule has 0 aliphatic rings. The van der Waals surface area contributed by atoms with Crippen LogP contribution in [-0.4, -0.2) is 42.8 Å². The predicted molar refractivity (Wildman–Crippen MR) is 51.2 cm³/mol. The highest BCUT2D eigenvalue weighted by Gasteiger charge is 2.14. The summed E-state index contributed by atoms with van der Waals surface area (Å²) in [6, 6.07) is 0.113. The van der Waals surface area contributed by atoms with Crippen LogP contribution in [0.4, 0.5) is 0 Å². The summed E-state index contributed by atoms with van der Waals surface area (Å²) in [5.41, 5.74) is 0. The maximum atomic E-state index is 11.0. The first kappa shape index (κ1) is 11.0. The molecule has 66 valence electrons. The zero-order chi connectivity index (χ0) is 8.85. The summed E-state index contributed by atoms with van der Waals surface area (Å²) in [7, 11) is 3.90. The third-order valence-electron chi connectivity index (χ3n) is 1.69. The molecule has 0 aliphatic heterocycles. The summed E-state index contributed by atoms with van der Waals surface area (Å²) in [4.78, 5) is 13.0. The van der Waals surface area contributed by atoms with Crippen molar-refractivity contribution in [2.45, 2.75) is 19.4 Å². The maximum absolute atomic E-state index is 11.0. The standard InChI is InChI=1S/C8H17NOS/c1-7(10)8(9(2)3)5-6-11-4/h8H,5-6H2,1-4H3/t8-/m1/s1. The van der Waals surface area contributed by atoms with Gasteiger partial charge in [0.25, 0.3) is 0 Å². The number of rotatable bonds is 5. The van der Waals surface area contributed by atoms with Gasteiger partial charge in [0.15, 0.2) is 0 Å². The van der Waals surface area contributed by atoms with Crippen LogP contribution in [0.5, 0.6) is 0 Å². The van der Waals surface area contributed by atoms with Crippen molar-refractivity contribution < 1.29 is 4.79 Å². The van der Waals surface area contributed by atoms with Gasteiger partial charge in [-0.1, -0.05) is 0 Å². The van der Waals surface area contributed by atoms with Gasteiger partial charge in [0.05, 0.1) is 6.04 Å². The summed E-state index contributed by atoms with van der Waals surface area (Å²) in [6.45, 7) is 1.66. The topological polar surface area (TPSA) is 20.3 Å². The van der Waals surface area contributed by atoms with Gasteiger partial charge in [-0.25, -0.2) is 0 Å². The van der Waals surface area contributed by atoms with Crippen molar-refractivity contribution >= 4 is 17.5 Å². The van der Waals surface area contributed by atoms with E-state index < -0.39 is 0 Å². The van der Waals surface area contributed by atoms with Crippen LogP contribution in [0, 0.1) is 0 Å². The first-order chi connectivity index (χ1) is 5.09. The molecule has 0 rings (SSSR count). The first-order valence-corrected chi connectivity index (χ1v) is 5.14. The number of hydrogen-bond acceptors (Lipinski definition) is 3. The van der Waals surface area contributed by atoms with E-state index in [4.69, 9.17) is 0 Å². The van der Waals surface area contributed by atoms with E-state index >= 15 is 0 Å². The molecule has 0 aromatic carbocycles. The van der Waals surface area contributed by atoms with Gasteiger partial charge in [0, 0.05) is 0 Å². The fraction of sp³-hybridized carbons (Fsp3) is 0.875. The summed E-state index contributed by atoms with van der Waals surface area (Å²) >= 11 is 1.79. The summed E-state index contributed by atoms with van der Waals surface area (Å²) < 4.78 is 0. The van der Waals surface area contributed by atoms with E-state index in [1.165, 1.54) is 0 Å². The fourth-order valence-electron chi connectivity index (χ4n) is 1.05. The van der Waals surface area contributed by atoms with Crippen LogP contribution >= 0.6 is 11.8 Å². The zero-order valence-corrected chi connectivity index (χ0v) is 8.57. The SMILES string of the molecule is CSCC[C@H](C(C)=O)N(C)C. The van der Waals surface area contributed by atoms with Crippen molar-refractivity contribution in [3.05, 3.63) is 0 Å². The lowest BCUT2D eigenvalue weighted by Gasteiger charge is -2.20. The second kappa shape index (κ2) is 5.61. The number of Topliss-reactive ketones (excluding diaryl/α,β-unsaturated/α-hetero) is 1. The molecule has 0 N–H and O–H groups in total. The van der Waals surface area contributed by atoms with Crippen LogP contribution in [0.3, 0.4) is 0 Å². The molecular weight excluding hydrogens is 158 g/mol. The molecule has 0 saturated carbocycles. The normalized spacial score (nSPS) is 13.5. The van der Waals surface area contributed by atoms with E-state index in [2.05, 4.69) is 6.26 Å². The zero-order valence-electron chi connectivity index (χ0n) is 7.76. The molecule has 0 saturated heterocycles. The lowest BCUT2D eigenvalue weighted by atomic mass is 10.1. The molecule has 0 fully saturated rings. The first-order valence-electron chi connectivity index (χ1n) is 3.75. The Morgan fingerprint density at radius 3 is 2.36 bits per heavy atom. The average molecular weight is 175 g/mol. The number of thioether (sulfide) groups is 1. The number of carbonyl (C=O) groups excluding carboxylic acids is 1. The van der Waals surface area contributed by atoms with Crippen molar-refractivity contribution in [3.8, 4) is 0 Å². The lowest BCUT2D eigenvalue weighted by Crippen LogP contribution is -2.34. The Hall–Kier alpha value is -0.0200. The molecule has 0 aliphatic carbocycles. The van der Waals surface area contributed by atoms with Crippen LogP contribution in [0.2, 0.25) is 0 Å². The van der Waals surface area contributed by atoms with E-state index in [0.717, 1.165) is 12.2 Å². The molecular formula is C8H17NOS. The third-order valence-corrected chi connectivity index (χ3v) is 2.33. The van der Waals surface area contributed by atoms with Crippen LogP contribution < -0.4 is 0 Å². The third kappa shape index (κ3) is 4.43. The summed E-state index contributed by atoms with van der Waals surface area (Å²) in [5.74, 6) is 1.33. The molecule has 0 radical (unpaired) electrons. The summed E-state index contributed by atoms with van der Waals surface area (Å²) in [5, 5.41) is 0. The fourth-order valence-corrected chi connectivity index (χ4v) is 1.51. The maximum Gasteiger partial charge on any atom is 0.146 e. The van der Waals surface area contributed by atoms with Crippen LogP contribution in [-0.2, 0) is 4.79 Å². The molecule has 2 nitrogen and oxygen atoms in total. The Balaban J connectivity index is 3.80. The van der Waals surface area contributed by atoms with Gasteiger partial charge in [0.2, 0.25) is 0 Å². The monoisotopic (exact) mass is 175 g/mol. The smallest absolute Gasteiger partial charge is 0.146 e. The Labute approximate surface area is 73.3 Å². The minimum Gasteiger partial charge on any atom is -0.300 e. The van der Waals surface area contributed by atoms with Gasteiger partial charge >= 0.3 is 0 Å². The van der Waals surface area contributed by atoms with Crippen molar-refractivity contribution in [1.82, 2.24) is 4.90 Å². The molecule has 0 aromatic rings. The Kier molecular flexibility index (Phi) is 5.60. The van der Waals surface area contributed by atoms with Crippen LogP contribution in [0.1, 0.15) is 13.3 Å². The highest BCUT2D eigenvalue weighted by atomic mass is 32.2. The number of nitrogens with zero attached hydrogens (tertiary/aromatic N) is 1. The molecule has 0 amide bonds. The van der Waals surface area contributed by atoms with Crippen LogP contribution in [0.15, 0.2) is 0 Å². The van der Waals surface area contributed by atoms with Gasteiger partial charge in [-0.15, -0.1) is 0 Å². The molecule has 11 heavy (non-hydrogen) atoms. The van der Waals surface area contributed by atoms with Crippen LogP contribution in [0.25, 0.3) is 0 Å². The molecule has 0 aromatic heterocycles. The van der Waals surface area contributed by atoms with Crippen molar-refractivity contribution in [1.29, 1.82) is 0 Å². The quantitative estimate of drug-likeness (QED) is 0.627. The van der Waals surface area contributed by atoms with Gasteiger partial charge in [-0.3, -0.25) is 9.69 Å². The second-order valence-corrected chi connectivity index (χ2v) is 3.86. The van der Waals surface area contributed by atoms with Crippen molar-refractivity contribution in [2.75, 3.05) is 26.1 Å². The minimum atomic E-state index is 0.113. The van der Waals surface area contributed by atoms with E-state index in [-0.39, 0.29) is 11.8 Å². The van der Waals surface area contributed by atoms with E-state index in [1.807, 2.05) is 19.0 Å². The second-order valence-electron chi connectivity index (χ2n) is 2.87. The average Bonchev–Trinajstić information content (AvgIpc) is 1.87. The number of likely N-dealkylation sites (N-methyl/N-ethyl adjacent to an activating group) is 1. The number of ketones is 1. The molecule has 1 atom stereocenters. The van der Waals surface area contributed by atoms with Crippen molar-refractivity contribution in [3.63, 3.8) is 0 Å². The highest BCUT2D eigenvalue weighted by Crippen LogP contribution is 2.05. The molecule has 0 spiro atoms. The molecule has 0 unspecified atom stereocenters. The van der Waals surface area contributed by atoms with Gasteiger partial charge in [-0.2, -0.15) is 11.8 Å². The van der Waals surface area contributed by atoms with E-state index in [9.17, 15) is 4.79 Å². The predicted octanol–water partition coefficient (Wildman–Crippen LogP) is 1.26. The van der Waals surface area contributed by atoms with Gasteiger partial charge in [0.1, 0.15) is 5.78 Å². The number of hydrogen-bond donors (Lipinski definition) is 0. The molecule has 0 heterocycles. The van der Waals surface area contributed by atoms with Gasteiger partial charge in [-0.05, 0) is 39.4 Å². The highest BCUT2D eigenvalue weighted by molar-refractivity contribution is 7.98. The molecule has 0 bridgehead atoms. The van der Waals surface area contributed by atoms with E-state index in [0.29, 0.717) is 0 Å². The Morgan fingerprint density at radius 1 is 1.55 bits per heavy atom. The molecule has 3 heteroatoms. The van der Waals surface area contributed by atoms with Crippen molar-refractivity contribution in [2.24, 2.45) is 0 Å². The lowest BCUT2D eigenvalue weighted by molar-refractivity contribution is -0.121. The largest absolute Gasteiger partial charge is 0.300 e. The van der Waals surface area contributed by atoms with E-state index in [1.54, 1.807) is 18.7 Å². The number of carbonyl (C=O) groups is 1. The van der Waals surface area contributed by atoms with Gasteiger partial charge < -0.3 is 0 Å². The Morgan fingerprint density at radius 2 is 2.09 bits per heavy atom. The minimum absolute atomic E-state index is 0.113. The summed E-state index contributed by atoms with van der Waals surface area (Å²) in [6.07, 6.45) is 3.02. The Bertz CT molecular complexity index is 125.